The standard InChI is InChI=1S/C15H16F2NO4PS/c1-3-21-23(19,22-4-2)8-20-15-11(17)6-10(16)9-5-12-14(13(9)15)18-7-24-12/h6-7H,3-5,8H2,1-2H3. The van der Waals surface area contributed by atoms with Gasteiger partial charge in [0.1, 0.15) is 5.82 Å². The molecule has 1 aromatic carbocycles. The topological polar surface area (TPSA) is 57.7 Å². The van der Waals surface area contributed by atoms with Crippen LogP contribution in [0.15, 0.2) is 11.6 Å². The zero-order valence-electron chi connectivity index (χ0n) is 13.2. The van der Waals surface area contributed by atoms with E-state index in [0.29, 0.717) is 17.7 Å². The first kappa shape index (κ1) is 17.5. The fourth-order valence-corrected chi connectivity index (χ4v) is 4.69. The third-order valence-electron chi connectivity index (χ3n) is 3.52. The van der Waals surface area contributed by atoms with E-state index >= 15 is 0 Å². The maximum atomic E-state index is 14.3. The van der Waals surface area contributed by atoms with Gasteiger partial charge >= 0.3 is 7.60 Å². The van der Waals surface area contributed by atoms with Crippen molar-refractivity contribution in [1.29, 1.82) is 0 Å². The SMILES string of the molecule is CCOP(=O)(COc1c(F)cc(F)c2c1-c1ncsc1C2)OCC. The summed E-state index contributed by atoms with van der Waals surface area (Å²) in [6.45, 7) is 3.68. The van der Waals surface area contributed by atoms with E-state index in [9.17, 15) is 13.3 Å². The molecule has 0 amide bonds. The third-order valence-corrected chi connectivity index (χ3v) is 6.10. The maximum Gasteiger partial charge on any atom is 0.367 e. The Labute approximate surface area is 142 Å². The van der Waals surface area contributed by atoms with Crippen molar-refractivity contribution in [2.24, 2.45) is 0 Å². The zero-order valence-corrected chi connectivity index (χ0v) is 14.9. The van der Waals surface area contributed by atoms with Gasteiger partial charge in [0.05, 0.1) is 30.0 Å². The van der Waals surface area contributed by atoms with Crippen LogP contribution >= 0.6 is 18.9 Å². The molecule has 0 saturated carbocycles. The number of halogens is 2. The highest BCUT2D eigenvalue weighted by atomic mass is 32.1. The van der Waals surface area contributed by atoms with Crippen LogP contribution < -0.4 is 4.74 Å². The number of aromatic nitrogens is 1. The lowest BCUT2D eigenvalue weighted by molar-refractivity contribution is 0.195. The van der Waals surface area contributed by atoms with Gasteiger partial charge in [-0.1, -0.05) is 0 Å². The molecule has 1 aliphatic carbocycles. The molecule has 0 atom stereocenters. The Morgan fingerprint density at radius 2 is 1.96 bits per heavy atom. The van der Waals surface area contributed by atoms with Gasteiger partial charge in [-0.25, -0.2) is 13.8 Å². The van der Waals surface area contributed by atoms with E-state index in [-0.39, 0.29) is 24.5 Å². The van der Waals surface area contributed by atoms with Gasteiger partial charge in [-0.3, -0.25) is 4.57 Å². The minimum absolute atomic E-state index is 0.168. The van der Waals surface area contributed by atoms with Crippen molar-refractivity contribution in [1.82, 2.24) is 4.98 Å². The van der Waals surface area contributed by atoms with Crippen molar-refractivity contribution in [3.63, 3.8) is 0 Å². The van der Waals surface area contributed by atoms with Crippen LogP contribution in [0.2, 0.25) is 0 Å². The second-order valence-electron chi connectivity index (χ2n) is 5.04. The molecule has 2 aromatic rings. The van der Waals surface area contributed by atoms with Gasteiger partial charge in [-0.15, -0.1) is 11.3 Å². The number of fused-ring (bicyclic) bond motifs is 3. The summed E-state index contributed by atoms with van der Waals surface area (Å²) in [7, 11) is -3.51. The van der Waals surface area contributed by atoms with Gasteiger partial charge < -0.3 is 13.8 Å². The quantitative estimate of drug-likeness (QED) is 0.565. The highest BCUT2D eigenvalue weighted by molar-refractivity contribution is 7.53. The van der Waals surface area contributed by atoms with Gasteiger partial charge in [0.15, 0.2) is 17.9 Å². The molecule has 9 heteroatoms. The first-order valence-electron chi connectivity index (χ1n) is 7.43. The first-order valence-corrected chi connectivity index (χ1v) is 10.0. The Kier molecular flexibility index (Phi) is 5.01. The van der Waals surface area contributed by atoms with Crippen LogP contribution in [0.5, 0.6) is 5.75 Å². The van der Waals surface area contributed by atoms with Crippen molar-refractivity contribution >= 4 is 18.9 Å². The summed E-state index contributed by atoms with van der Waals surface area (Å²) in [5, 5.41) is 0. The Bertz CT molecular complexity index is 801. The van der Waals surface area contributed by atoms with Gasteiger partial charge in [-0.2, -0.15) is 0 Å². The molecule has 0 spiro atoms. The number of nitrogens with zero attached hydrogens (tertiary/aromatic N) is 1. The number of hydrogen-bond acceptors (Lipinski definition) is 6. The molecule has 0 bridgehead atoms. The van der Waals surface area contributed by atoms with Gasteiger partial charge in [0.2, 0.25) is 0 Å². The van der Waals surface area contributed by atoms with Crippen LogP contribution in [0, 0.1) is 11.6 Å². The van der Waals surface area contributed by atoms with E-state index in [2.05, 4.69) is 4.98 Å². The number of thiazole rings is 1. The molecule has 1 aromatic heterocycles. The fourth-order valence-electron chi connectivity index (χ4n) is 2.61. The van der Waals surface area contributed by atoms with Gasteiger partial charge in [-0.05, 0) is 13.8 Å². The largest absolute Gasteiger partial charge is 0.477 e. The second-order valence-corrected chi connectivity index (χ2v) is 7.98. The molecule has 0 fully saturated rings. The van der Waals surface area contributed by atoms with Crippen molar-refractivity contribution in [3.8, 4) is 17.0 Å². The zero-order chi connectivity index (χ0) is 17.3. The lowest BCUT2D eigenvalue weighted by Gasteiger charge is -2.19. The molecule has 130 valence electrons. The van der Waals surface area contributed by atoms with E-state index < -0.39 is 25.6 Å². The Morgan fingerprint density at radius 3 is 2.62 bits per heavy atom. The van der Waals surface area contributed by atoms with Gasteiger partial charge in [0.25, 0.3) is 0 Å². The van der Waals surface area contributed by atoms with Gasteiger partial charge in [0, 0.05) is 22.9 Å². The van der Waals surface area contributed by atoms with Crippen LogP contribution in [0.25, 0.3) is 11.3 Å². The summed E-state index contributed by atoms with van der Waals surface area (Å²) in [6, 6.07) is 0.775. The maximum absolute atomic E-state index is 14.3. The van der Waals surface area contributed by atoms with Crippen molar-refractivity contribution in [2.75, 3.05) is 19.6 Å². The van der Waals surface area contributed by atoms with Crippen molar-refractivity contribution in [3.05, 3.63) is 33.7 Å². The van der Waals surface area contributed by atoms with Crippen molar-refractivity contribution < 1.29 is 27.1 Å². The Hall–Kier alpha value is -1.34. The lowest BCUT2D eigenvalue weighted by atomic mass is 10.1. The number of ether oxygens (including phenoxy) is 1. The van der Waals surface area contributed by atoms with Crippen LogP contribution in [-0.4, -0.2) is 24.5 Å². The predicted molar refractivity (Wildman–Crippen MR) is 86.6 cm³/mol. The Balaban J connectivity index is 1.96. The minimum atomic E-state index is -3.51. The summed E-state index contributed by atoms with van der Waals surface area (Å²) < 4.78 is 56.5. The number of benzene rings is 1. The highest BCUT2D eigenvalue weighted by Gasteiger charge is 2.32. The molecule has 1 aliphatic rings. The summed E-state index contributed by atoms with van der Waals surface area (Å²) in [4.78, 5) is 5.02. The highest BCUT2D eigenvalue weighted by Crippen LogP contribution is 2.50. The molecule has 0 N–H and O–H groups in total. The van der Waals surface area contributed by atoms with E-state index in [0.717, 1.165) is 10.9 Å². The number of rotatable bonds is 7. The fraction of sp³-hybridized carbons (Fsp3) is 0.400. The van der Waals surface area contributed by atoms with E-state index in [1.54, 1.807) is 19.4 Å². The molecular formula is C15H16F2NO4PS. The number of hydrogen-bond donors (Lipinski definition) is 0. The second kappa shape index (κ2) is 6.88. The lowest BCUT2D eigenvalue weighted by Crippen LogP contribution is -2.08. The molecule has 24 heavy (non-hydrogen) atoms. The third kappa shape index (κ3) is 3.11. The summed E-state index contributed by atoms with van der Waals surface area (Å²) >= 11 is 1.37. The first-order chi connectivity index (χ1) is 11.5. The summed E-state index contributed by atoms with van der Waals surface area (Å²) in [5.41, 5.74) is 2.74. The van der Waals surface area contributed by atoms with Crippen LogP contribution in [0.4, 0.5) is 8.78 Å². The van der Waals surface area contributed by atoms with Crippen molar-refractivity contribution in [2.45, 2.75) is 20.3 Å². The normalized spacial score (nSPS) is 13.0. The molecule has 3 rings (SSSR count). The smallest absolute Gasteiger partial charge is 0.367 e. The molecule has 0 aliphatic heterocycles. The molecule has 0 saturated heterocycles. The van der Waals surface area contributed by atoms with Crippen LogP contribution in [0.1, 0.15) is 24.3 Å². The Morgan fingerprint density at radius 1 is 1.25 bits per heavy atom. The minimum Gasteiger partial charge on any atom is -0.477 e. The van der Waals surface area contributed by atoms with E-state index in [4.69, 9.17) is 13.8 Å². The monoisotopic (exact) mass is 375 g/mol. The molecule has 0 unspecified atom stereocenters. The van der Waals surface area contributed by atoms with Crippen LogP contribution in [0.3, 0.4) is 0 Å². The molecule has 5 nitrogen and oxygen atoms in total. The molecular weight excluding hydrogens is 359 g/mol. The summed E-state index contributed by atoms with van der Waals surface area (Å²) in [6.07, 6.45) is -0.116. The average molecular weight is 375 g/mol. The van der Waals surface area contributed by atoms with E-state index in [1.807, 2.05) is 0 Å². The van der Waals surface area contributed by atoms with Crippen LogP contribution in [-0.2, 0) is 20.0 Å². The summed E-state index contributed by atoms with van der Waals surface area (Å²) in [5.74, 6) is -1.68. The molecule has 1 heterocycles. The van der Waals surface area contributed by atoms with E-state index in [1.165, 1.54) is 11.3 Å². The predicted octanol–water partition coefficient (Wildman–Crippen LogP) is 4.59. The molecule has 0 radical (unpaired) electrons. The average Bonchev–Trinajstić information content (AvgIpc) is 3.09.